The van der Waals surface area contributed by atoms with Gasteiger partial charge in [0.15, 0.2) is 5.76 Å². The van der Waals surface area contributed by atoms with Crippen molar-refractivity contribution in [3.63, 3.8) is 0 Å². The Kier molecular flexibility index (Phi) is 4.92. The molecule has 2 aromatic rings. The standard InChI is InChI=1S/C16H17Cl2N3O2/c1-20-6-8-21(9-7-20)19-16(22)15-5-4-14(23-15)12-3-2-11(17)10-13(12)18/h2-5,10H,6-9H2,1H3,(H,19,22). The predicted molar refractivity (Wildman–Crippen MR) is 90.7 cm³/mol. The molecule has 122 valence electrons. The van der Waals surface area contributed by atoms with Crippen molar-refractivity contribution in [2.45, 2.75) is 0 Å². The molecule has 0 aliphatic carbocycles. The summed E-state index contributed by atoms with van der Waals surface area (Å²) in [5, 5.41) is 2.94. The molecule has 1 fully saturated rings. The number of amides is 1. The highest BCUT2D eigenvalue weighted by atomic mass is 35.5. The number of nitrogens with one attached hydrogen (secondary N) is 1. The van der Waals surface area contributed by atoms with Crippen molar-refractivity contribution >= 4 is 29.1 Å². The van der Waals surface area contributed by atoms with Gasteiger partial charge in [0, 0.05) is 36.8 Å². The first kappa shape index (κ1) is 16.3. The molecule has 0 unspecified atom stereocenters. The lowest BCUT2D eigenvalue weighted by Crippen LogP contribution is -2.52. The maximum Gasteiger partial charge on any atom is 0.301 e. The predicted octanol–water partition coefficient (Wildman–Crippen LogP) is 3.15. The highest BCUT2D eigenvalue weighted by Gasteiger charge is 2.19. The molecule has 7 heteroatoms. The summed E-state index contributed by atoms with van der Waals surface area (Å²) in [6, 6.07) is 8.52. The van der Waals surface area contributed by atoms with Crippen LogP contribution in [0.2, 0.25) is 10.0 Å². The Bertz CT molecular complexity index is 709. The Labute approximate surface area is 144 Å². The third-order valence-electron chi connectivity index (χ3n) is 3.79. The van der Waals surface area contributed by atoms with E-state index in [1.54, 1.807) is 30.3 Å². The second-order valence-corrected chi connectivity index (χ2v) is 6.36. The Morgan fingerprint density at radius 1 is 1.13 bits per heavy atom. The third kappa shape index (κ3) is 3.87. The fourth-order valence-corrected chi connectivity index (χ4v) is 2.91. The van der Waals surface area contributed by atoms with E-state index in [0.717, 1.165) is 26.2 Å². The van der Waals surface area contributed by atoms with Crippen molar-refractivity contribution < 1.29 is 9.21 Å². The van der Waals surface area contributed by atoms with E-state index in [1.807, 2.05) is 5.01 Å². The van der Waals surface area contributed by atoms with E-state index in [2.05, 4.69) is 17.4 Å². The first-order valence-electron chi connectivity index (χ1n) is 7.32. The number of nitrogens with zero attached hydrogens (tertiary/aromatic N) is 2. The molecule has 2 heterocycles. The number of hydrazine groups is 1. The van der Waals surface area contributed by atoms with Gasteiger partial charge in [-0.3, -0.25) is 10.2 Å². The molecule has 23 heavy (non-hydrogen) atoms. The number of halogens is 2. The third-order valence-corrected chi connectivity index (χ3v) is 4.34. The topological polar surface area (TPSA) is 48.7 Å². The van der Waals surface area contributed by atoms with Crippen LogP contribution in [0.3, 0.4) is 0 Å². The van der Waals surface area contributed by atoms with Gasteiger partial charge in [-0.05, 0) is 37.4 Å². The van der Waals surface area contributed by atoms with E-state index in [4.69, 9.17) is 27.6 Å². The van der Waals surface area contributed by atoms with Gasteiger partial charge in [-0.15, -0.1) is 0 Å². The highest BCUT2D eigenvalue weighted by molar-refractivity contribution is 6.36. The zero-order valence-electron chi connectivity index (χ0n) is 12.7. The average molecular weight is 354 g/mol. The summed E-state index contributed by atoms with van der Waals surface area (Å²) in [5.74, 6) is 0.533. The molecule has 5 nitrogen and oxygen atoms in total. The minimum atomic E-state index is -0.258. The molecule has 1 aliphatic rings. The summed E-state index contributed by atoms with van der Waals surface area (Å²) in [7, 11) is 2.06. The largest absolute Gasteiger partial charge is 0.451 e. The second kappa shape index (κ2) is 6.93. The molecule has 0 radical (unpaired) electrons. The fraction of sp³-hybridized carbons (Fsp3) is 0.312. The summed E-state index contributed by atoms with van der Waals surface area (Å²) < 4.78 is 5.64. The normalized spacial score (nSPS) is 16.5. The Morgan fingerprint density at radius 3 is 2.57 bits per heavy atom. The monoisotopic (exact) mass is 353 g/mol. The van der Waals surface area contributed by atoms with Crippen LogP contribution in [0.25, 0.3) is 11.3 Å². The lowest BCUT2D eigenvalue weighted by atomic mass is 10.2. The number of hydrogen-bond donors (Lipinski definition) is 1. The highest BCUT2D eigenvalue weighted by Crippen LogP contribution is 2.31. The van der Waals surface area contributed by atoms with Gasteiger partial charge in [0.25, 0.3) is 0 Å². The Morgan fingerprint density at radius 2 is 1.87 bits per heavy atom. The van der Waals surface area contributed by atoms with E-state index in [1.165, 1.54) is 0 Å². The van der Waals surface area contributed by atoms with Crippen LogP contribution >= 0.6 is 23.2 Å². The van der Waals surface area contributed by atoms with Crippen LogP contribution in [0, 0.1) is 0 Å². The van der Waals surface area contributed by atoms with Gasteiger partial charge in [-0.25, -0.2) is 5.01 Å². The second-order valence-electron chi connectivity index (χ2n) is 5.52. The summed E-state index contributed by atoms with van der Waals surface area (Å²) in [6.07, 6.45) is 0. The number of benzene rings is 1. The molecule has 1 aliphatic heterocycles. The number of carbonyl (C=O) groups is 1. The maximum atomic E-state index is 12.3. The average Bonchev–Trinajstić information content (AvgIpc) is 2.99. The summed E-state index contributed by atoms with van der Waals surface area (Å²) >= 11 is 12.1. The van der Waals surface area contributed by atoms with Crippen LogP contribution in [-0.2, 0) is 0 Å². The number of piperazine rings is 1. The van der Waals surface area contributed by atoms with Gasteiger partial charge in [-0.1, -0.05) is 23.2 Å². The Hall–Kier alpha value is -1.53. The van der Waals surface area contributed by atoms with E-state index in [0.29, 0.717) is 21.4 Å². The van der Waals surface area contributed by atoms with E-state index < -0.39 is 0 Å². The number of furan rings is 1. The van der Waals surface area contributed by atoms with Gasteiger partial charge in [0.2, 0.25) is 0 Å². The summed E-state index contributed by atoms with van der Waals surface area (Å²) in [6.45, 7) is 3.42. The lowest BCUT2D eigenvalue weighted by molar-refractivity contribution is 0.0637. The molecule has 1 aromatic heterocycles. The van der Waals surface area contributed by atoms with Gasteiger partial charge in [-0.2, -0.15) is 0 Å². The SMILES string of the molecule is CN1CCN(NC(=O)c2ccc(-c3ccc(Cl)cc3Cl)o2)CC1. The fourth-order valence-electron chi connectivity index (χ4n) is 2.41. The van der Waals surface area contributed by atoms with Gasteiger partial charge < -0.3 is 9.32 Å². The van der Waals surface area contributed by atoms with Crippen molar-refractivity contribution in [1.82, 2.24) is 15.3 Å². The number of rotatable bonds is 3. The molecule has 0 bridgehead atoms. The molecule has 0 saturated carbocycles. The summed E-state index contributed by atoms with van der Waals surface area (Å²) in [4.78, 5) is 14.5. The van der Waals surface area contributed by atoms with Crippen LogP contribution in [0.5, 0.6) is 0 Å². The molecule has 1 aromatic carbocycles. The van der Waals surface area contributed by atoms with E-state index >= 15 is 0 Å². The smallest absolute Gasteiger partial charge is 0.301 e. The first-order chi connectivity index (χ1) is 11.0. The van der Waals surface area contributed by atoms with Crippen LogP contribution in [0.15, 0.2) is 34.7 Å². The van der Waals surface area contributed by atoms with Crippen LogP contribution in [0.4, 0.5) is 0 Å². The van der Waals surface area contributed by atoms with Crippen molar-refractivity contribution in [2.24, 2.45) is 0 Å². The van der Waals surface area contributed by atoms with Crippen molar-refractivity contribution in [2.75, 3.05) is 33.2 Å². The van der Waals surface area contributed by atoms with E-state index in [-0.39, 0.29) is 11.7 Å². The molecule has 1 amide bonds. The van der Waals surface area contributed by atoms with Crippen LogP contribution < -0.4 is 5.43 Å². The van der Waals surface area contributed by atoms with Crippen molar-refractivity contribution in [3.8, 4) is 11.3 Å². The molecule has 1 N–H and O–H groups in total. The lowest BCUT2D eigenvalue weighted by Gasteiger charge is -2.32. The quantitative estimate of drug-likeness (QED) is 0.920. The van der Waals surface area contributed by atoms with Crippen molar-refractivity contribution in [3.05, 3.63) is 46.1 Å². The number of carbonyl (C=O) groups excluding carboxylic acids is 1. The molecular weight excluding hydrogens is 337 g/mol. The number of hydrogen-bond acceptors (Lipinski definition) is 4. The Balaban J connectivity index is 1.70. The van der Waals surface area contributed by atoms with E-state index in [9.17, 15) is 4.79 Å². The van der Waals surface area contributed by atoms with Crippen molar-refractivity contribution in [1.29, 1.82) is 0 Å². The zero-order valence-corrected chi connectivity index (χ0v) is 14.2. The van der Waals surface area contributed by atoms with Gasteiger partial charge in [0.1, 0.15) is 5.76 Å². The molecule has 1 saturated heterocycles. The minimum absolute atomic E-state index is 0.255. The first-order valence-corrected chi connectivity index (χ1v) is 8.08. The van der Waals surface area contributed by atoms with Gasteiger partial charge in [0.05, 0.1) is 5.02 Å². The molecule has 3 rings (SSSR count). The van der Waals surface area contributed by atoms with Gasteiger partial charge >= 0.3 is 5.91 Å². The molecule has 0 spiro atoms. The molecule has 0 atom stereocenters. The van der Waals surface area contributed by atoms with Crippen LogP contribution in [-0.4, -0.2) is 49.0 Å². The minimum Gasteiger partial charge on any atom is -0.451 e. The number of likely N-dealkylation sites (N-methyl/N-ethyl adjacent to an activating group) is 1. The maximum absolute atomic E-state index is 12.3. The zero-order chi connectivity index (χ0) is 16.4. The summed E-state index contributed by atoms with van der Waals surface area (Å²) in [5.41, 5.74) is 3.57. The molecular formula is C16H17Cl2N3O2. The van der Waals surface area contributed by atoms with Crippen LogP contribution in [0.1, 0.15) is 10.6 Å².